The van der Waals surface area contributed by atoms with Gasteiger partial charge in [0.1, 0.15) is 12.7 Å². The lowest BCUT2D eigenvalue weighted by molar-refractivity contribution is -0.151. The molecule has 0 spiro atoms. The summed E-state index contributed by atoms with van der Waals surface area (Å²) in [6, 6.07) is 0. The van der Waals surface area contributed by atoms with E-state index in [2.05, 4.69) is 13.5 Å². The molecule has 3 aliphatic rings. The average Bonchev–Trinajstić information content (AvgIpc) is 2.89. The highest BCUT2D eigenvalue weighted by Gasteiger charge is 2.57. The van der Waals surface area contributed by atoms with E-state index in [4.69, 9.17) is 4.74 Å². The molecule has 0 aromatic heterocycles. The number of carbonyl (C=O) groups is 1. The Kier molecular flexibility index (Phi) is 4.86. The fourth-order valence-corrected chi connectivity index (χ4v) is 5.56. The van der Waals surface area contributed by atoms with Gasteiger partial charge < -0.3 is 20.1 Å². The molecule has 0 aromatic carbocycles. The standard InChI is InChI=1S/C20H30O5/c1-12-4-7-16-19(2,9-8-17(23)20(16,3)11-21)14(12)6-5-13-15(22)10-25-18(13)24/h5,14-17,21-23H,1,4,6-11H2,2-3H3/b13-5+/t14-,15?,16+,17-,19+,20+/m1/s1. The van der Waals surface area contributed by atoms with E-state index in [0.717, 1.165) is 24.8 Å². The molecule has 1 heterocycles. The van der Waals surface area contributed by atoms with Gasteiger partial charge in [0.25, 0.3) is 0 Å². The first-order valence-electron chi connectivity index (χ1n) is 9.26. The summed E-state index contributed by atoms with van der Waals surface area (Å²) in [5.74, 6) is -0.0734. The Labute approximate surface area is 149 Å². The molecule has 5 nitrogen and oxygen atoms in total. The second-order valence-corrected chi connectivity index (χ2v) is 8.54. The molecule has 2 saturated carbocycles. The van der Waals surface area contributed by atoms with E-state index >= 15 is 0 Å². The van der Waals surface area contributed by atoms with Crippen LogP contribution < -0.4 is 0 Å². The Bertz CT molecular complexity index is 597. The molecule has 3 N–H and O–H groups in total. The van der Waals surface area contributed by atoms with Crippen LogP contribution >= 0.6 is 0 Å². The van der Waals surface area contributed by atoms with E-state index in [1.165, 1.54) is 0 Å². The third-order valence-electron chi connectivity index (χ3n) is 7.23. The topological polar surface area (TPSA) is 87.0 Å². The number of aliphatic hydroxyl groups is 3. The predicted molar refractivity (Wildman–Crippen MR) is 93.6 cm³/mol. The number of hydrogen-bond donors (Lipinski definition) is 3. The van der Waals surface area contributed by atoms with Crippen LogP contribution in [0, 0.1) is 22.7 Å². The van der Waals surface area contributed by atoms with Gasteiger partial charge in [-0.3, -0.25) is 0 Å². The van der Waals surface area contributed by atoms with Crippen LogP contribution in [0.15, 0.2) is 23.8 Å². The number of allylic oxidation sites excluding steroid dienone is 2. The molecule has 0 radical (unpaired) electrons. The van der Waals surface area contributed by atoms with Crippen molar-refractivity contribution < 1.29 is 24.9 Å². The molecular weight excluding hydrogens is 320 g/mol. The van der Waals surface area contributed by atoms with Gasteiger partial charge in [-0.05, 0) is 49.4 Å². The number of ether oxygens (including phenoxy) is 1. The highest BCUT2D eigenvalue weighted by molar-refractivity contribution is 5.91. The fourth-order valence-electron chi connectivity index (χ4n) is 5.56. The predicted octanol–water partition coefficient (Wildman–Crippen LogP) is 1.96. The van der Waals surface area contributed by atoms with E-state index in [1.54, 1.807) is 0 Å². The molecule has 1 saturated heterocycles. The Morgan fingerprint density at radius 3 is 2.64 bits per heavy atom. The van der Waals surface area contributed by atoms with Gasteiger partial charge in [-0.25, -0.2) is 4.79 Å². The first-order valence-corrected chi connectivity index (χ1v) is 9.26. The van der Waals surface area contributed by atoms with Crippen molar-refractivity contribution in [1.82, 2.24) is 0 Å². The van der Waals surface area contributed by atoms with E-state index < -0.39 is 23.6 Å². The normalized spacial score (nSPS) is 46.2. The van der Waals surface area contributed by atoms with Gasteiger partial charge in [0.15, 0.2) is 0 Å². The second kappa shape index (κ2) is 6.53. The lowest BCUT2D eigenvalue weighted by Crippen LogP contribution is -2.57. The summed E-state index contributed by atoms with van der Waals surface area (Å²) in [6.45, 7) is 8.50. The molecule has 2 aliphatic carbocycles. The van der Waals surface area contributed by atoms with Crippen molar-refractivity contribution >= 4 is 5.97 Å². The van der Waals surface area contributed by atoms with Gasteiger partial charge in [0.2, 0.25) is 0 Å². The first kappa shape index (κ1) is 18.6. The van der Waals surface area contributed by atoms with Gasteiger partial charge in [-0.1, -0.05) is 32.1 Å². The molecule has 3 fully saturated rings. The second-order valence-electron chi connectivity index (χ2n) is 8.54. The Hall–Kier alpha value is -1.17. The van der Waals surface area contributed by atoms with Crippen LogP contribution in [0.25, 0.3) is 0 Å². The third-order valence-corrected chi connectivity index (χ3v) is 7.23. The molecule has 3 rings (SSSR count). The number of fused-ring (bicyclic) bond motifs is 1. The fraction of sp³-hybridized carbons (Fsp3) is 0.750. The van der Waals surface area contributed by atoms with Crippen LogP contribution in [0.1, 0.15) is 46.0 Å². The zero-order chi connectivity index (χ0) is 18.4. The highest BCUT2D eigenvalue weighted by atomic mass is 16.6. The van der Waals surface area contributed by atoms with Crippen molar-refractivity contribution in [3.05, 3.63) is 23.8 Å². The van der Waals surface area contributed by atoms with Crippen LogP contribution in [0.4, 0.5) is 0 Å². The summed E-state index contributed by atoms with van der Waals surface area (Å²) >= 11 is 0. The van der Waals surface area contributed by atoms with Crippen LogP contribution in [0.2, 0.25) is 0 Å². The minimum Gasteiger partial charge on any atom is -0.459 e. The first-order chi connectivity index (χ1) is 11.7. The minimum atomic E-state index is -0.844. The van der Waals surface area contributed by atoms with Gasteiger partial charge in [0.05, 0.1) is 18.3 Å². The van der Waals surface area contributed by atoms with E-state index in [9.17, 15) is 20.1 Å². The zero-order valence-corrected chi connectivity index (χ0v) is 15.2. The maximum absolute atomic E-state index is 11.8. The molecule has 0 aromatic rings. The Morgan fingerprint density at radius 1 is 1.32 bits per heavy atom. The third kappa shape index (κ3) is 2.86. The van der Waals surface area contributed by atoms with Gasteiger partial charge in [0, 0.05) is 5.41 Å². The van der Waals surface area contributed by atoms with Crippen LogP contribution in [-0.4, -0.2) is 46.7 Å². The lowest BCUT2D eigenvalue weighted by atomic mass is 9.46. The quantitative estimate of drug-likeness (QED) is 0.411. The number of esters is 1. The van der Waals surface area contributed by atoms with E-state index in [-0.39, 0.29) is 30.5 Å². The zero-order valence-electron chi connectivity index (χ0n) is 15.2. The summed E-state index contributed by atoms with van der Waals surface area (Å²) in [5, 5.41) is 30.4. The smallest absolute Gasteiger partial charge is 0.336 e. The number of cyclic esters (lactones) is 1. The van der Waals surface area contributed by atoms with Crippen LogP contribution in [0.5, 0.6) is 0 Å². The van der Waals surface area contributed by atoms with Crippen molar-refractivity contribution in [2.45, 2.75) is 58.2 Å². The summed E-state index contributed by atoms with van der Waals surface area (Å²) in [7, 11) is 0. The van der Waals surface area contributed by atoms with Gasteiger partial charge in [-0.15, -0.1) is 0 Å². The van der Waals surface area contributed by atoms with Gasteiger partial charge in [-0.2, -0.15) is 0 Å². The van der Waals surface area contributed by atoms with Crippen molar-refractivity contribution in [3.8, 4) is 0 Å². The number of carbonyl (C=O) groups excluding carboxylic acids is 1. The molecule has 140 valence electrons. The lowest BCUT2D eigenvalue weighted by Gasteiger charge is -2.59. The van der Waals surface area contributed by atoms with Crippen molar-refractivity contribution in [2.24, 2.45) is 22.7 Å². The average molecular weight is 350 g/mol. The molecule has 5 heteroatoms. The molecule has 1 unspecified atom stereocenters. The van der Waals surface area contributed by atoms with Crippen molar-refractivity contribution in [2.75, 3.05) is 13.2 Å². The molecular formula is C20H30O5. The summed E-state index contributed by atoms with van der Waals surface area (Å²) in [4.78, 5) is 11.8. The van der Waals surface area contributed by atoms with Crippen LogP contribution in [0.3, 0.4) is 0 Å². The summed E-state index contributed by atoms with van der Waals surface area (Å²) in [6.07, 6.45) is 4.42. The summed E-state index contributed by atoms with van der Waals surface area (Å²) in [5.41, 5.74) is 0.911. The molecule has 0 amide bonds. The number of hydrogen-bond acceptors (Lipinski definition) is 5. The minimum absolute atomic E-state index is 0.0280. The summed E-state index contributed by atoms with van der Waals surface area (Å²) < 4.78 is 4.90. The maximum atomic E-state index is 11.8. The monoisotopic (exact) mass is 350 g/mol. The number of aliphatic hydroxyl groups excluding tert-OH is 3. The molecule has 0 bridgehead atoms. The molecule has 1 aliphatic heterocycles. The molecule has 6 atom stereocenters. The number of rotatable bonds is 3. The van der Waals surface area contributed by atoms with Gasteiger partial charge >= 0.3 is 5.97 Å². The van der Waals surface area contributed by atoms with Crippen LogP contribution in [-0.2, 0) is 9.53 Å². The largest absolute Gasteiger partial charge is 0.459 e. The molecule has 25 heavy (non-hydrogen) atoms. The van der Waals surface area contributed by atoms with E-state index in [1.807, 2.05) is 13.0 Å². The van der Waals surface area contributed by atoms with Crippen molar-refractivity contribution in [1.29, 1.82) is 0 Å². The highest BCUT2D eigenvalue weighted by Crippen LogP contribution is 2.61. The maximum Gasteiger partial charge on any atom is 0.336 e. The Balaban J connectivity index is 1.89. The van der Waals surface area contributed by atoms with Crippen molar-refractivity contribution in [3.63, 3.8) is 0 Å². The Morgan fingerprint density at radius 2 is 2.04 bits per heavy atom. The SMILES string of the molecule is C=C1CC[C@@H]2[C@](C)(CO)[C@H](O)CC[C@@]2(C)[C@@H]1C/C=C1/C(=O)OCC1O. The van der Waals surface area contributed by atoms with E-state index in [0.29, 0.717) is 18.4 Å².